The SMILES string of the molecule is CCCCC(CC)Cc1ccc(C#N)cc1. The maximum Gasteiger partial charge on any atom is 0.0991 e. The third-order valence-electron chi connectivity index (χ3n) is 3.15. The van der Waals surface area contributed by atoms with E-state index in [2.05, 4.69) is 32.0 Å². The van der Waals surface area contributed by atoms with Gasteiger partial charge in [-0.05, 0) is 30.0 Å². The number of rotatable bonds is 6. The number of nitrogens with zero attached hydrogens (tertiary/aromatic N) is 1. The smallest absolute Gasteiger partial charge is 0.0991 e. The highest BCUT2D eigenvalue weighted by molar-refractivity contribution is 5.31. The third-order valence-corrected chi connectivity index (χ3v) is 3.15. The highest BCUT2D eigenvalue weighted by Gasteiger charge is 2.06. The minimum absolute atomic E-state index is 0.755. The Morgan fingerprint density at radius 3 is 2.38 bits per heavy atom. The predicted octanol–water partition coefficient (Wildman–Crippen LogP) is 4.32. The second-order valence-corrected chi connectivity index (χ2v) is 4.43. The van der Waals surface area contributed by atoms with Gasteiger partial charge in [0.15, 0.2) is 0 Å². The lowest BCUT2D eigenvalue weighted by molar-refractivity contribution is 0.449. The Morgan fingerprint density at radius 2 is 1.88 bits per heavy atom. The van der Waals surface area contributed by atoms with E-state index in [1.165, 1.54) is 31.2 Å². The average Bonchev–Trinajstić information content (AvgIpc) is 2.35. The molecule has 16 heavy (non-hydrogen) atoms. The fraction of sp³-hybridized carbons (Fsp3) is 0.533. The van der Waals surface area contributed by atoms with E-state index >= 15 is 0 Å². The van der Waals surface area contributed by atoms with Crippen molar-refractivity contribution in [1.82, 2.24) is 0 Å². The molecule has 0 saturated heterocycles. The summed E-state index contributed by atoms with van der Waals surface area (Å²) in [6.45, 7) is 4.51. The van der Waals surface area contributed by atoms with E-state index in [0.29, 0.717) is 0 Å². The first-order chi connectivity index (χ1) is 7.80. The Kier molecular flexibility index (Phi) is 5.64. The maximum atomic E-state index is 8.72. The van der Waals surface area contributed by atoms with Gasteiger partial charge >= 0.3 is 0 Å². The normalized spacial score (nSPS) is 12.1. The molecule has 1 nitrogen and oxygen atoms in total. The van der Waals surface area contributed by atoms with Gasteiger partial charge in [-0.2, -0.15) is 5.26 Å². The van der Waals surface area contributed by atoms with Crippen LogP contribution in [0.5, 0.6) is 0 Å². The molecule has 1 aromatic rings. The minimum atomic E-state index is 0.755. The fourth-order valence-corrected chi connectivity index (χ4v) is 1.99. The number of benzene rings is 1. The molecule has 0 saturated carbocycles. The predicted molar refractivity (Wildman–Crippen MR) is 68.2 cm³/mol. The summed E-state index contributed by atoms with van der Waals surface area (Å²) in [6, 6.07) is 10.2. The first-order valence-corrected chi connectivity index (χ1v) is 6.29. The lowest BCUT2D eigenvalue weighted by Crippen LogP contribution is -2.03. The van der Waals surface area contributed by atoms with Gasteiger partial charge in [0, 0.05) is 0 Å². The number of unbranched alkanes of at least 4 members (excludes halogenated alkanes) is 1. The van der Waals surface area contributed by atoms with Crippen LogP contribution in [0.1, 0.15) is 50.7 Å². The highest BCUT2D eigenvalue weighted by atomic mass is 14.2. The van der Waals surface area contributed by atoms with Crippen molar-refractivity contribution in [2.75, 3.05) is 0 Å². The Balaban J connectivity index is 2.53. The lowest BCUT2D eigenvalue weighted by atomic mass is 9.92. The standard InChI is InChI=1S/C15H21N/c1-3-5-6-13(4-2)11-14-7-9-15(12-16)10-8-14/h7-10,13H,3-6,11H2,1-2H3. The van der Waals surface area contributed by atoms with Gasteiger partial charge in [-0.1, -0.05) is 51.7 Å². The van der Waals surface area contributed by atoms with E-state index in [-0.39, 0.29) is 0 Å². The van der Waals surface area contributed by atoms with Crippen molar-refractivity contribution in [3.05, 3.63) is 35.4 Å². The van der Waals surface area contributed by atoms with Crippen LogP contribution in [0.25, 0.3) is 0 Å². The van der Waals surface area contributed by atoms with Crippen LogP contribution in [0.2, 0.25) is 0 Å². The van der Waals surface area contributed by atoms with Crippen molar-refractivity contribution in [3.63, 3.8) is 0 Å². The van der Waals surface area contributed by atoms with Crippen LogP contribution < -0.4 is 0 Å². The largest absolute Gasteiger partial charge is 0.192 e. The van der Waals surface area contributed by atoms with E-state index < -0.39 is 0 Å². The highest BCUT2D eigenvalue weighted by Crippen LogP contribution is 2.18. The molecule has 1 rings (SSSR count). The van der Waals surface area contributed by atoms with Gasteiger partial charge in [-0.25, -0.2) is 0 Å². The van der Waals surface area contributed by atoms with Crippen LogP contribution in [-0.2, 0) is 6.42 Å². The summed E-state index contributed by atoms with van der Waals surface area (Å²) in [5, 5.41) is 8.72. The molecule has 0 aliphatic rings. The second-order valence-electron chi connectivity index (χ2n) is 4.43. The van der Waals surface area contributed by atoms with E-state index in [9.17, 15) is 0 Å². The molecule has 0 aromatic heterocycles. The molecule has 0 spiro atoms. The molecule has 0 bridgehead atoms. The van der Waals surface area contributed by atoms with E-state index in [0.717, 1.165) is 17.9 Å². The van der Waals surface area contributed by atoms with Gasteiger partial charge in [0.25, 0.3) is 0 Å². The van der Waals surface area contributed by atoms with Crippen LogP contribution in [-0.4, -0.2) is 0 Å². The number of hydrogen-bond acceptors (Lipinski definition) is 1. The zero-order chi connectivity index (χ0) is 11.8. The summed E-state index contributed by atoms with van der Waals surface area (Å²) in [5.41, 5.74) is 2.12. The molecule has 0 N–H and O–H groups in total. The van der Waals surface area contributed by atoms with Crippen LogP contribution in [0.15, 0.2) is 24.3 Å². The molecule has 0 aliphatic carbocycles. The first-order valence-electron chi connectivity index (χ1n) is 6.29. The molecule has 1 heteroatoms. The lowest BCUT2D eigenvalue weighted by Gasteiger charge is -2.14. The Bertz CT molecular complexity index is 331. The molecule has 0 amide bonds. The monoisotopic (exact) mass is 215 g/mol. The molecule has 1 atom stereocenters. The minimum Gasteiger partial charge on any atom is -0.192 e. The maximum absolute atomic E-state index is 8.72. The van der Waals surface area contributed by atoms with Crippen molar-refractivity contribution in [2.45, 2.75) is 46.0 Å². The average molecular weight is 215 g/mol. The summed E-state index contributed by atoms with van der Waals surface area (Å²) in [6.07, 6.45) is 6.34. The summed E-state index contributed by atoms with van der Waals surface area (Å²) in [7, 11) is 0. The quantitative estimate of drug-likeness (QED) is 0.693. The van der Waals surface area contributed by atoms with Crippen molar-refractivity contribution < 1.29 is 0 Å². The Hall–Kier alpha value is -1.29. The molecular formula is C15H21N. The van der Waals surface area contributed by atoms with Gasteiger partial charge < -0.3 is 0 Å². The topological polar surface area (TPSA) is 23.8 Å². The molecule has 0 fully saturated rings. The second kappa shape index (κ2) is 7.06. The first kappa shape index (κ1) is 12.8. The van der Waals surface area contributed by atoms with Crippen LogP contribution in [0.4, 0.5) is 0 Å². The molecule has 0 aliphatic heterocycles. The van der Waals surface area contributed by atoms with Crippen LogP contribution >= 0.6 is 0 Å². The summed E-state index contributed by atoms with van der Waals surface area (Å²) < 4.78 is 0. The summed E-state index contributed by atoms with van der Waals surface area (Å²) in [5.74, 6) is 0.799. The van der Waals surface area contributed by atoms with Gasteiger partial charge in [-0.15, -0.1) is 0 Å². The van der Waals surface area contributed by atoms with E-state index in [4.69, 9.17) is 5.26 Å². The van der Waals surface area contributed by atoms with Crippen molar-refractivity contribution >= 4 is 0 Å². The van der Waals surface area contributed by atoms with Crippen LogP contribution in [0, 0.1) is 17.2 Å². The molecule has 1 aromatic carbocycles. The zero-order valence-corrected chi connectivity index (χ0v) is 10.4. The summed E-state index contributed by atoms with van der Waals surface area (Å²) >= 11 is 0. The van der Waals surface area contributed by atoms with Crippen LogP contribution in [0.3, 0.4) is 0 Å². The fourth-order valence-electron chi connectivity index (χ4n) is 1.99. The van der Waals surface area contributed by atoms with Gasteiger partial charge in [0.1, 0.15) is 0 Å². The van der Waals surface area contributed by atoms with Crippen molar-refractivity contribution in [2.24, 2.45) is 5.92 Å². The third kappa shape index (κ3) is 4.06. The number of nitriles is 1. The zero-order valence-electron chi connectivity index (χ0n) is 10.4. The van der Waals surface area contributed by atoms with Gasteiger partial charge in [0.05, 0.1) is 11.6 Å². The molecular weight excluding hydrogens is 194 g/mol. The van der Waals surface area contributed by atoms with Crippen molar-refractivity contribution in [1.29, 1.82) is 5.26 Å². The summed E-state index contributed by atoms with van der Waals surface area (Å²) in [4.78, 5) is 0. The molecule has 1 unspecified atom stereocenters. The Morgan fingerprint density at radius 1 is 1.19 bits per heavy atom. The van der Waals surface area contributed by atoms with Gasteiger partial charge in [-0.3, -0.25) is 0 Å². The van der Waals surface area contributed by atoms with Crippen molar-refractivity contribution in [3.8, 4) is 6.07 Å². The molecule has 86 valence electrons. The van der Waals surface area contributed by atoms with Gasteiger partial charge in [0.2, 0.25) is 0 Å². The van der Waals surface area contributed by atoms with E-state index in [1.54, 1.807) is 0 Å². The van der Waals surface area contributed by atoms with E-state index in [1.807, 2.05) is 12.1 Å². The number of hydrogen-bond donors (Lipinski definition) is 0. The molecule has 0 radical (unpaired) electrons. The Labute approximate surface area is 99.1 Å². The molecule has 0 heterocycles.